The molecule has 0 bridgehead atoms. The van der Waals surface area contributed by atoms with Gasteiger partial charge in [0.1, 0.15) is 0 Å². The second kappa shape index (κ2) is 10.9. The van der Waals surface area contributed by atoms with Crippen LogP contribution in [-0.2, 0) is 11.3 Å². The highest BCUT2D eigenvalue weighted by molar-refractivity contribution is 5.89. The normalized spacial score (nSPS) is 23.6. The predicted molar refractivity (Wildman–Crippen MR) is 136 cm³/mol. The molecule has 3 N–H and O–H groups in total. The van der Waals surface area contributed by atoms with Crippen LogP contribution in [0.4, 0.5) is 5.95 Å². The summed E-state index contributed by atoms with van der Waals surface area (Å²) < 4.78 is 7.66. The predicted octanol–water partition coefficient (Wildman–Crippen LogP) is 3.95. The van der Waals surface area contributed by atoms with Crippen molar-refractivity contribution in [3.05, 3.63) is 29.7 Å². The number of hydrogen-bond acceptors (Lipinski definition) is 7. The average Bonchev–Trinajstić information content (AvgIpc) is 3.24. The highest BCUT2D eigenvalue weighted by Gasteiger charge is 2.24. The minimum Gasteiger partial charge on any atom is -0.378 e. The lowest BCUT2D eigenvalue weighted by molar-refractivity contribution is 0.0521. The molecule has 3 aliphatic rings. The van der Waals surface area contributed by atoms with Gasteiger partial charge in [-0.2, -0.15) is 10.1 Å². The van der Waals surface area contributed by atoms with Crippen LogP contribution >= 0.6 is 0 Å². The van der Waals surface area contributed by atoms with Gasteiger partial charge in [-0.05, 0) is 62.5 Å². The lowest BCUT2D eigenvalue weighted by atomic mass is 9.86. The molecule has 0 radical (unpaired) electrons. The summed E-state index contributed by atoms with van der Waals surface area (Å²) in [7, 11) is 0. The summed E-state index contributed by atoms with van der Waals surface area (Å²) in [5.74, 6) is 1.31. The molecule has 2 fully saturated rings. The maximum absolute atomic E-state index is 6.15. The van der Waals surface area contributed by atoms with Crippen LogP contribution in [-0.4, -0.2) is 63.5 Å². The molecule has 34 heavy (non-hydrogen) atoms. The van der Waals surface area contributed by atoms with E-state index in [1.54, 1.807) is 0 Å². The fourth-order valence-corrected chi connectivity index (χ4v) is 5.34. The molecule has 5 rings (SSSR count). The van der Waals surface area contributed by atoms with E-state index in [0.29, 0.717) is 17.9 Å². The molecule has 1 saturated heterocycles. The van der Waals surface area contributed by atoms with Gasteiger partial charge in [0.15, 0.2) is 5.65 Å². The highest BCUT2D eigenvalue weighted by Crippen LogP contribution is 2.33. The molecule has 1 aliphatic heterocycles. The van der Waals surface area contributed by atoms with Crippen molar-refractivity contribution < 1.29 is 4.74 Å². The number of unbranched alkanes of at least 4 members (excludes halogenated alkanes) is 1. The first kappa shape index (κ1) is 23.3. The van der Waals surface area contributed by atoms with E-state index in [9.17, 15) is 0 Å². The Morgan fingerprint density at radius 1 is 1.12 bits per heavy atom. The smallest absolute Gasteiger partial charge is 0.224 e. The van der Waals surface area contributed by atoms with Gasteiger partial charge >= 0.3 is 0 Å². The van der Waals surface area contributed by atoms with E-state index >= 15 is 0 Å². The number of hydrogen-bond donors (Lipinski definition) is 2. The minimum atomic E-state index is 0.359. The van der Waals surface area contributed by atoms with Gasteiger partial charge in [-0.1, -0.05) is 19.4 Å². The summed E-state index contributed by atoms with van der Waals surface area (Å²) in [5, 5.41) is 9.57. The third kappa shape index (κ3) is 5.28. The molecule has 0 amide bonds. The first-order chi connectivity index (χ1) is 16.7. The van der Waals surface area contributed by atoms with Crippen LogP contribution in [0.3, 0.4) is 0 Å². The van der Waals surface area contributed by atoms with Gasteiger partial charge in [-0.15, -0.1) is 0 Å². The molecule has 0 atom stereocenters. The molecular formula is C26H39N7O. The number of anilines is 1. The van der Waals surface area contributed by atoms with Crippen LogP contribution in [0.2, 0.25) is 0 Å². The van der Waals surface area contributed by atoms with Crippen molar-refractivity contribution in [1.82, 2.24) is 24.6 Å². The Balaban J connectivity index is 1.42. The van der Waals surface area contributed by atoms with Crippen LogP contribution < -0.4 is 11.1 Å². The summed E-state index contributed by atoms with van der Waals surface area (Å²) in [5.41, 5.74) is 10.8. The van der Waals surface area contributed by atoms with E-state index < -0.39 is 0 Å². The van der Waals surface area contributed by atoms with Crippen molar-refractivity contribution in [3.8, 4) is 0 Å². The molecule has 184 valence electrons. The summed E-state index contributed by atoms with van der Waals surface area (Å²) in [6.07, 6.45) is 15.3. The molecule has 0 spiro atoms. The second-order valence-corrected chi connectivity index (χ2v) is 9.97. The topological polar surface area (TPSA) is 94.1 Å². The number of morpholine rings is 1. The fraction of sp³-hybridized carbons (Fsp3) is 0.654. The van der Waals surface area contributed by atoms with Gasteiger partial charge in [-0.3, -0.25) is 0 Å². The van der Waals surface area contributed by atoms with Crippen molar-refractivity contribution in [2.45, 2.75) is 70.9 Å². The highest BCUT2D eigenvalue weighted by atomic mass is 16.5. The number of nitrogens with zero attached hydrogens (tertiary/aromatic N) is 5. The number of nitrogens with one attached hydrogen (secondary N) is 1. The Hall–Kier alpha value is -2.45. The second-order valence-electron chi connectivity index (χ2n) is 9.97. The van der Waals surface area contributed by atoms with E-state index in [-0.39, 0.29) is 0 Å². The Bertz CT molecular complexity index is 1030. The summed E-state index contributed by atoms with van der Waals surface area (Å²) in [6.45, 7) is 7.60. The average molecular weight is 466 g/mol. The van der Waals surface area contributed by atoms with E-state index in [0.717, 1.165) is 94.6 Å². The van der Waals surface area contributed by atoms with Gasteiger partial charge < -0.3 is 20.7 Å². The first-order valence-electron chi connectivity index (χ1n) is 13.2. The molecule has 1 saturated carbocycles. The van der Waals surface area contributed by atoms with Crippen LogP contribution in [0.15, 0.2) is 24.0 Å². The molecule has 3 heterocycles. The van der Waals surface area contributed by atoms with Gasteiger partial charge in [0, 0.05) is 44.1 Å². The van der Waals surface area contributed by atoms with Gasteiger partial charge in [-0.25, -0.2) is 9.67 Å². The number of ether oxygens (including phenoxy) is 1. The number of rotatable bonds is 8. The third-order valence-corrected chi connectivity index (χ3v) is 7.47. The number of fused-ring (bicyclic) bond motifs is 1. The quantitative estimate of drug-likeness (QED) is 0.570. The van der Waals surface area contributed by atoms with Crippen molar-refractivity contribution in [2.75, 3.05) is 38.2 Å². The number of aromatic nitrogens is 4. The summed E-state index contributed by atoms with van der Waals surface area (Å²) in [4.78, 5) is 12.0. The fourth-order valence-electron chi connectivity index (χ4n) is 5.34. The lowest BCUT2D eigenvalue weighted by Crippen LogP contribution is -2.35. The maximum atomic E-state index is 6.15. The maximum Gasteiger partial charge on any atom is 0.224 e. The SMILES string of the molecule is CCCCNc1ncc2c(C3=CC=C(N4CCOCC4)CC3)nn(CC3CCC(N)CC3)c2n1. The molecule has 8 heteroatoms. The third-order valence-electron chi connectivity index (χ3n) is 7.47. The molecule has 2 aromatic heterocycles. The molecule has 2 aromatic rings. The molecule has 0 unspecified atom stereocenters. The van der Waals surface area contributed by atoms with Crippen molar-refractivity contribution in [2.24, 2.45) is 11.7 Å². The Morgan fingerprint density at radius 3 is 2.68 bits per heavy atom. The first-order valence-corrected chi connectivity index (χ1v) is 13.2. The Kier molecular flexibility index (Phi) is 7.45. The number of allylic oxidation sites excluding steroid dienone is 4. The lowest BCUT2D eigenvalue weighted by Gasteiger charge is -2.32. The minimum absolute atomic E-state index is 0.359. The van der Waals surface area contributed by atoms with E-state index in [4.69, 9.17) is 20.6 Å². The zero-order valence-electron chi connectivity index (χ0n) is 20.5. The van der Waals surface area contributed by atoms with Gasteiger partial charge in [0.05, 0.1) is 24.3 Å². The molecular weight excluding hydrogens is 426 g/mol. The van der Waals surface area contributed by atoms with E-state index in [2.05, 4.69) is 39.0 Å². The van der Waals surface area contributed by atoms with E-state index in [1.807, 2.05) is 6.20 Å². The van der Waals surface area contributed by atoms with Crippen LogP contribution in [0, 0.1) is 5.92 Å². The largest absolute Gasteiger partial charge is 0.378 e. The Morgan fingerprint density at radius 2 is 1.94 bits per heavy atom. The zero-order chi connectivity index (χ0) is 23.3. The monoisotopic (exact) mass is 465 g/mol. The van der Waals surface area contributed by atoms with Crippen LogP contribution in [0.25, 0.3) is 16.6 Å². The van der Waals surface area contributed by atoms with E-state index in [1.165, 1.54) is 24.1 Å². The molecule has 8 nitrogen and oxygen atoms in total. The standard InChI is InChI=1S/C26H39N7O/c1-2-3-12-28-26-29-17-23-24(20-6-10-22(11-7-20)32-13-15-34-16-14-32)31-33(25(23)30-26)18-19-4-8-21(27)9-5-19/h6,10,17,19,21H,2-5,7-9,11-16,18,27H2,1H3,(H,28,29,30). The van der Waals surface area contributed by atoms with Crippen LogP contribution in [0.1, 0.15) is 64.0 Å². The van der Waals surface area contributed by atoms with Crippen molar-refractivity contribution in [3.63, 3.8) is 0 Å². The van der Waals surface area contributed by atoms with Gasteiger partial charge in [0.2, 0.25) is 5.95 Å². The number of nitrogens with two attached hydrogens (primary N) is 1. The van der Waals surface area contributed by atoms with Crippen molar-refractivity contribution >= 4 is 22.6 Å². The van der Waals surface area contributed by atoms with Crippen molar-refractivity contribution in [1.29, 1.82) is 0 Å². The summed E-state index contributed by atoms with van der Waals surface area (Å²) >= 11 is 0. The zero-order valence-corrected chi connectivity index (χ0v) is 20.5. The summed E-state index contributed by atoms with van der Waals surface area (Å²) in [6, 6.07) is 0.359. The Labute approximate surface area is 202 Å². The van der Waals surface area contributed by atoms with Crippen LogP contribution in [0.5, 0.6) is 0 Å². The molecule has 2 aliphatic carbocycles. The molecule has 0 aromatic carbocycles. The van der Waals surface area contributed by atoms with Gasteiger partial charge in [0.25, 0.3) is 0 Å².